The largest absolute Gasteiger partial charge is 0.355 e. The van der Waals surface area contributed by atoms with E-state index < -0.39 is 0 Å². The highest BCUT2D eigenvalue weighted by atomic mass is 35.5. The fourth-order valence-corrected chi connectivity index (χ4v) is 2.46. The second kappa shape index (κ2) is 6.91. The number of halogens is 2. The summed E-state index contributed by atoms with van der Waals surface area (Å²) in [5, 5.41) is 1.29. The van der Waals surface area contributed by atoms with Crippen LogP contribution in [0.5, 0.6) is 0 Å². The molecular weight excluding hydrogens is 293 g/mol. The van der Waals surface area contributed by atoms with Crippen LogP contribution < -0.4 is 4.90 Å². The van der Waals surface area contributed by atoms with Crippen molar-refractivity contribution in [1.82, 2.24) is 9.97 Å². The van der Waals surface area contributed by atoms with E-state index in [-0.39, 0.29) is 0 Å². The third-order valence-corrected chi connectivity index (χ3v) is 3.64. The van der Waals surface area contributed by atoms with E-state index in [0.29, 0.717) is 5.15 Å². The average Bonchev–Trinajstić information content (AvgIpc) is 2.43. The summed E-state index contributed by atoms with van der Waals surface area (Å²) in [6.45, 7) is 2.87. The predicted octanol–water partition coefficient (Wildman–Crippen LogP) is 4.37. The van der Waals surface area contributed by atoms with Gasteiger partial charge in [0.25, 0.3) is 0 Å². The Morgan fingerprint density at radius 1 is 1.10 bits per heavy atom. The molecule has 0 aliphatic carbocycles. The first-order valence-electron chi connectivity index (χ1n) is 6.56. The molecule has 0 spiro atoms. The van der Waals surface area contributed by atoms with E-state index in [2.05, 4.69) is 21.8 Å². The maximum Gasteiger partial charge on any atom is 0.137 e. The van der Waals surface area contributed by atoms with Crippen molar-refractivity contribution in [2.45, 2.75) is 26.3 Å². The van der Waals surface area contributed by atoms with Gasteiger partial charge >= 0.3 is 0 Å². The lowest BCUT2D eigenvalue weighted by atomic mass is 10.1. The van der Waals surface area contributed by atoms with Crippen molar-refractivity contribution in [3.05, 3.63) is 51.9 Å². The van der Waals surface area contributed by atoms with Gasteiger partial charge < -0.3 is 4.90 Å². The molecule has 20 heavy (non-hydrogen) atoms. The summed E-state index contributed by atoms with van der Waals surface area (Å²) in [5.74, 6) is 0.891. The second-order valence-corrected chi connectivity index (χ2v) is 5.49. The summed E-state index contributed by atoms with van der Waals surface area (Å²) in [6.07, 6.45) is 3.39. The average molecular weight is 310 g/mol. The van der Waals surface area contributed by atoms with Crippen LogP contribution in [-0.2, 0) is 13.0 Å². The zero-order chi connectivity index (χ0) is 14.5. The van der Waals surface area contributed by atoms with Crippen LogP contribution in [0.2, 0.25) is 10.2 Å². The van der Waals surface area contributed by atoms with E-state index in [9.17, 15) is 0 Å². The summed E-state index contributed by atoms with van der Waals surface area (Å²) in [7, 11) is 2.01. The quantitative estimate of drug-likeness (QED) is 0.768. The zero-order valence-electron chi connectivity index (χ0n) is 11.6. The molecule has 0 bridgehead atoms. The number of nitrogens with zero attached hydrogens (tertiary/aromatic N) is 3. The molecule has 106 valence electrons. The Morgan fingerprint density at radius 2 is 1.80 bits per heavy atom. The van der Waals surface area contributed by atoms with Gasteiger partial charge in [-0.25, -0.2) is 9.97 Å². The molecule has 0 aliphatic heterocycles. The Hall–Kier alpha value is -1.32. The molecule has 0 amide bonds. The topological polar surface area (TPSA) is 29.0 Å². The van der Waals surface area contributed by atoms with Crippen LogP contribution in [0.1, 0.15) is 24.5 Å². The fraction of sp³-hybridized carbons (Fsp3) is 0.333. The summed E-state index contributed by atoms with van der Waals surface area (Å²) < 4.78 is 0. The van der Waals surface area contributed by atoms with Gasteiger partial charge in [0.05, 0.1) is 0 Å². The molecule has 0 N–H and O–H groups in total. The fourth-order valence-electron chi connectivity index (χ4n) is 2.11. The number of anilines is 1. The van der Waals surface area contributed by atoms with Gasteiger partial charge in [-0.05, 0) is 24.1 Å². The minimum Gasteiger partial charge on any atom is -0.355 e. The molecule has 0 saturated heterocycles. The summed E-state index contributed by atoms with van der Waals surface area (Å²) >= 11 is 12.1. The van der Waals surface area contributed by atoms with Crippen LogP contribution in [0.3, 0.4) is 0 Å². The lowest BCUT2D eigenvalue weighted by Gasteiger charge is -2.21. The minimum absolute atomic E-state index is 0.541. The SMILES string of the molecule is CCCc1c(Cl)ncnc1N(C)Cc1ccc(Cl)cc1. The molecule has 1 aromatic heterocycles. The number of rotatable bonds is 5. The van der Waals surface area contributed by atoms with Gasteiger partial charge in [0.15, 0.2) is 0 Å². The van der Waals surface area contributed by atoms with Crippen LogP contribution in [0.4, 0.5) is 5.82 Å². The van der Waals surface area contributed by atoms with Crippen molar-refractivity contribution in [3.8, 4) is 0 Å². The molecule has 2 rings (SSSR count). The first-order chi connectivity index (χ1) is 9.61. The molecule has 5 heteroatoms. The predicted molar refractivity (Wildman–Crippen MR) is 84.6 cm³/mol. The smallest absolute Gasteiger partial charge is 0.137 e. The van der Waals surface area contributed by atoms with Gasteiger partial charge in [0.2, 0.25) is 0 Å². The molecule has 0 aliphatic rings. The normalized spacial score (nSPS) is 10.6. The molecule has 0 saturated carbocycles. The van der Waals surface area contributed by atoms with Gasteiger partial charge in [-0.15, -0.1) is 0 Å². The van der Waals surface area contributed by atoms with Gasteiger partial charge in [-0.3, -0.25) is 0 Å². The highest BCUT2D eigenvalue weighted by Crippen LogP contribution is 2.25. The Kier molecular flexibility index (Phi) is 5.21. The Balaban J connectivity index is 2.22. The van der Waals surface area contributed by atoms with Crippen LogP contribution >= 0.6 is 23.2 Å². The Labute approximate surface area is 129 Å². The van der Waals surface area contributed by atoms with Crippen molar-refractivity contribution >= 4 is 29.0 Å². The van der Waals surface area contributed by atoms with Crippen LogP contribution in [-0.4, -0.2) is 17.0 Å². The van der Waals surface area contributed by atoms with E-state index >= 15 is 0 Å². The summed E-state index contributed by atoms with van der Waals surface area (Å²) in [6, 6.07) is 7.82. The summed E-state index contributed by atoms with van der Waals surface area (Å²) in [4.78, 5) is 10.5. The minimum atomic E-state index is 0.541. The van der Waals surface area contributed by atoms with Gasteiger partial charge in [-0.1, -0.05) is 48.7 Å². The van der Waals surface area contributed by atoms with Crippen molar-refractivity contribution < 1.29 is 0 Å². The van der Waals surface area contributed by atoms with Gasteiger partial charge in [0.1, 0.15) is 17.3 Å². The molecule has 3 nitrogen and oxygen atoms in total. The molecule has 2 aromatic rings. The lowest BCUT2D eigenvalue weighted by molar-refractivity contribution is 0.842. The Bertz CT molecular complexity index is 570. The monoisotopic (exact) mass is 309 g/mol. The number of hydrogen-bond acceptors (Lipinski definition) is 3. The van der Waals surface area contributed by atoms with Crippen molar-refractivity contribution in [2.75, 3.05) is 11.9 Å². The van der Waals surface area contributed by atoms with E-state index in [0.717, 1.165) is 35.8 Å². The first-order valence-corrected chi connectivity index (χ1v) is 7.32. The number of aromatic nitrogens is 2. The maximum absolute atomic E-state index is 6.18. The first kappa shape index (κ1) is 15.1. The maximum atomic E-state index is 6.18. The van der Waals surface area contributed by atoms with E-state index in [4.69, 9.17) is 23.2 Å². The molecule has 0 radical (unpaired) electrons. The molecule has 1 aromatic carbocycles. The van der Waals surface area contributed by atoms with E-state index in [1.807, 2.05) is 31.3 Å². The third kappa shape index (κ3) is 3.62. The van der Waals surface area contributed by atoms with Crippen molar-refractivity contribution in [2.24, 2.45) is 0 Å². The van der Waals surface area contributed by atoms with Gasteiger partial charge in [-0.2, -0.15) is 0 Å². The third-order valence-electron chi connectivity index (χ3n) is 3.06. The zero-order valence-corrected chi connectivity index (χ0v) is 13.1. The van der Waals surface area contributed by atoms with Crippen LogP contribution in [0.15, 0.2) is 30.6 Å². The number of benzene rings is 1. The summed E-state index contributed by atoms with van der Waals surface area (Å²) in [5.41, 5.74) is 2.18. The van der Waals surface area contributed by atoms with Crippen molar-refractivity contribution in [3.63, 3.8) is 0 Å². The van der Waals surface area contributed by atoms with E-state index in [1.54, 1.807) is 0 Å². The van der Waals surface area contributed by atoms with Gasteiger partial charge in [0, 0.05) is 24.2 Å². The van der Waals surface area contributed by atoms with Crippen LogP contribution in [0, 0.1) is 0 Å². The molecule has 1 heterocycles. The Morgan fingerprint density at radius 3 is 2.45 bits per heavy atom. The molecule has 0 atom stereocenters. The molecule has 0 unspecified atom stereocenters. The number of hydrogen-bond donors (Lipinski definition) is 0. The molecular formula is C15H17Cl2N3. The molecule has 0 fully saturated rings. The van der Waals surface area contributed by atoms with Crippen molar-refractivity contribution in [1.29, 1.82) is 0 Å². The van der Waals surface area contributed by atoms with E-state index in [1.165, 1.54) is 11.9 Å². The highest BCUT2D eigenvalue weighted by molar-refractivity contribution is 6.30. The highest BCUT2D eigenvalue weighted by Gasteiger charge is 2.13. The van der Waals surface area contributed by atoms with Crippen LogP contribution in [0.25, 0.3) is 0 Å². The lowest BCUT2D eigenvalue weighted by Crippen LogP contribution is -2.20. The second-order valence-electron chi connectivity index (χ2n) is 4.70. The standard InChI is InChI=1S/C15H17Cl2N3/c1-3-4-13-14(17)18-10-19-15(13)20(2)9-11-5-7-12(16)8-6-11/h5-8,10H,3-4,9H2,1-2H3.